The number of benzene rings is 2. The third-order valence-electron chi connectivity index (χ3n) is 2.83. The predicted molar refractivity (Wildman–Crippen MR) is 84.1 cm³/mol. The van der Waals surface area contributed by atoms with Crippen LogP contribution >= 0.6 is 15.9 Å². The number of ether oxygens (including phenoxy) is 1. The minimum Gasteiger partial charge on any atom is -0.484 e. The lowest BCUT2D eigenvalue weighted by atomic mass is 10.1. The van der Waals surface area contributed by atoms with Crippen molar-refractivity contribution in [1.82, 2.24) is 0 Å². The summed E-state index contributed by atoms with van der Waals surface area (Å²) in [6, 6.07) is 15.2. The molecule has 1 N–H and O–H groups in total. The Hall–Kier alpha value is -1.81. The van der Waals surface area contributed by atoms with Gasteiger partial charge in [-0.2, -0.15) is 0 Å². The van der Waals surface area contributed by atoms with Crippen molar-refractivity contribution in [3.05, 3.63) is 58.6 Å². The molecule has 0 fully saturated rings. The molecule has 2 aromatic carbocycles. The topological polar surface area (TPSA) is 38.3 Å². The number of hydrogen-bond donors (Lipinski definition) is 1. The van der Waals surface area contributed by atoms with E-state index in [-0.39, 0.29) is 12.5 Å². The van der Waals surface area contributed by atoms with Crippen LogP contribution in [0.4, 0.5) is 5.69 Å². The van der Waals surface area contributed by atoms with Gasteiger partial charge in [0, 0.05) is 4.47 Å². The van der Waals surface area contributed by atoms with Crippen molar-refractivity contribution in [2.45, 2.75) is 13.3 Å². The normalized spacial score (nSPS) is 10.1. The largest absolute Gasteiger partial charge is 0.484 e. The van der Waals surface area contributed by atoms with Crippen molar-refractivity contribution in [2.75, 3.05) is 11.9 Å². The lowest BCUT2D eigenvalue weighted by molar-refractivity contribution is -0.118. The highest BCUT2D eigenvalue weighted by molar-refractivity contribution is 9.10. The number of amides is 1. The summed E-state index contributed by atoms with van der Waals surface area (Å²) < 4.78 is 6.28. The Kier molecular flexibility index (Phi) is 5.18. The van der Waals surface area contributed by atoms with Crippen LogP contribution in [0.5, 0.6) is 5.75 Å². The van der Waals surface area contributed by atoms with E-state index in [0.29, 0.717) is 5.75 Å². The molecule has 20 heavy (non-hydrogen) atoms. The number of para-hydroxylation sites is 1. The van der Waals surface area contributed by atoms with E-state index in [9.17, 15) is 4.79 Å². The molecule has 2 rings (SSSR count). The smallest absolute Gasteiger partial charge is 0.262 e. The van der Waals surface area contributed by atoms with E-state index in [1.807, 2.05) is 48.5 Å². The fraction of sp³-hybridized carbons (Fsp3) is 0.188. The minimum atomic E-state index is -0.182. The van der Waals surface area contributed by atoms with Crippen LogP contribution in [-0.2, 0) is 11.2 Å². The third kappa shape index (κ3) is 4.10. The summed E-state index contributed by atoms with van der Waals surface area (Å²) in [4.78, 5) is 11.8. The van der Waals surface area contributed by atoms with Gasteiger partial charge in [-0.1, -0.05) is 31.2 Å². The van der Waals surface area contributed by atoms with Gasteiger partial charge in [0.15, 0.2) is 6.61 Å². The maximum Gasteiger partial charge on any atom is 0.262 e. The van der Waals surface area contributed by atoms with Gasteiger partial charge in [-0.25, -0.2) is 0 Å². The summed E-state index contributed by atoms with van der Waals surface area (Å²) in [5.74, 6) is 0.502. The number of rotatable bonds is 5. The van der Waals surface area contributed by atoms with Crippen LogP contribution < -0.4 is 10.1 Å². The van der Waals surface area contributed by atoms with E-state index in [1.54, 1.807) is 0 Å². The molecular weight excluding hydrogens is 318 g/mol. The second-order valence-corrected chi connectivity index (χ2v) is 5.17. The number of halogens is 1. The number of carbonyl (C=O) groups excluding carboxylic acids is 1. The summed E-state index contributed by atoms with van der Waals surface area (Å²) in [5, 5.41) is 2.82. The zero-order valence-electron chi connectivity index (χ0n) is 11.2. The Labute approximate surface area is 127 Å². The predicted octanol–water partition coefficient (Wildman–Crippen LogP) is 4.03. The van der Waals surface area contributed by atoms with Gasteiger partial charge in [0.05, 0.1) is 5.69 Å². The zero-order valence-corrected chi connectivity index (χ0v) is 12.8. The molecule has 0 saturated heterocycles. The van der Waals surface area contributed by atoms with E-state index in [2.05, 4.69) is 28.2 Å². The first-order valence-electron chi connectivity index (χ1n) is 6.45. The molecule has 1 amide bonds. The van der Waals surface area contributed by atoms with Crippen molar-refractivity contribution in [3.8, 4) is 5.75 Å². The second kappa shape index (κ2) is 7.10. The van der Waals surface area contributed by atoms with Crippen LogP contribution in [0.3, 0.4) is 0 Å². The van der Waals surface area contributed by atoms with Crippen molar-refractivity contribution in [3.63, 3.8) is 0 Å². The Morgan fingerprint density at radius 1 is 1.20 bits per heavy atom. The summed E-state index contributed by atoms with van der Waals surface area (Å²) in [7, 11) is 0. The summed E-state index contributed by atoms with van der Waals surface area (Å²) in [6.45, 7) is 2.08. The number of anilines is 1. The number of aryl methyl sites for hydroxylation is 1. The minimum absolute atomic E-state index is 0.00795. The maximum atomic E-state index is 11.8. The van der Waals surface area contributed by atoms with Gasteiger partial charge in [-0.3, -0.25) is 4.79 Å². The van der Waals surface area contributed by atoms with Crippen LogP contribution in [0.1, 0.15) is 12.5 Å². The second-order valence-electron chi connectivity index (χ2n) is 4.32. The van der Waals surface area contributed by atoms with Crippen LogP contribution in [0, 0.1) is 0 Å². The zero-order chi connectivity index (χ0) is 14.4. The highest BCUT2D eigenvalue weighted by Gasteiger charge is 2.07. The van der Waals surface area contributed by atoms with Crippen LogP contribution in [0.15, 0.2) is 53.0 Å². The average Bonchev–Trinajstić information content (AvgIpc) is 2.48. The quantitative estimate of drug-likeness (QED) is 0.897. The molecule has 4 heteroatoms. The molecule has 0 unspecified atom stereocenters. The standard InChI is InChI=1S/C16H16BrNO2/c1-2-12-8-9-15(14(17)10-12)18-16(19)11-20-13-6-4-3-5-7-13/h3-10H,2,11H2,1H3,(H,18,19). The molecule has 0 aliphatic carbocycles. The van der Waals surface area contributed by atoms with Crippen molar-refractivity contribution < 1.29 is 9.53 Å². The molecule has 0 saturated carbocycles. The average molecular weight is 334 g/mol. The Morgan fingerprint density at radius 2 is 1.95 bits per heavy atom. The molecule has 0 atom stereocenters. The SMILES string of the molecule is CCc1ccc(NC(=O)COc2ccccc2)c(Br)c1. The lowest BCUT2D eigenvalue weighted by Crippen LogP contribution is -2.20. The molecule has 0 aromatic heterocycles. The molecule has 104 valence electrons. The van der Waals surface area contributed by atoms with Gasteiger partial charge in [0.1, 0.15) is 5.75 Å². The van der Waals surface area contributed by atoms with Gasteiger partial charge >= 0.3 is 0 Å². The van der Waals surface area contributed by atoms with Gasteiger partial charge < -0.3 is 10.1 Å². The van der Waals surface area contributed by atoms with E-state index in [1.165, 1.54) is 5.56 Å². The Morgan fingerprint density at radius 3 is 2.60 bits per heavy atom. The molecule has 3 nitrogen and oxygen atoms in total. The van der Waals surface area contributed by atoms with Crippen LogP contribution in [0.2, 0.25) is 0 Å². The number of hydrogen-bond acceptors (Lipinski definition) is 2. The summed E-state index contributed by atoms with van der Waals surface area (Å²) >= 11 is 3.46. The highest BCUT2D eigenvalue weighted by atomic mass is 79.9. The fourth-order valence-electron chi connectivity index (χ4n) is 1.73. The number of carbonyl (C=O) groups is 1. The lowest BCUT2D eigenvalue weighted by Gasteiger charge is -2.09. The van der Waals surface area contributed by atoms with Gasteiger partial charge in [-0.05, 0) is 52.2 Å². The fourth-order valence-corrected chi connectivity index (χ4v) is 2.26. The first-order valence-corrected chi connectivity index (χ1v) is 7.24. The van der Waals surface area contributed by atoms with E-state index in [0.717, 1.165) is 16.6 Å². The molecule has 0 heterocycles. The third-order valence-corrected chi connectivity index (χ3v) is 3.49. The Balaban J connectivity index is 1.91. The summed E-state index contributed by atoms with van der Waals surface area (Å²) in [5.41, 5.74) is 1.97. The van der Waals surface area contributed by atoms with Gasteiger partial charge in [-0.15, -0.1) is 0 Å². The molecule has 0 spiro atoms. The first-order chi connectivity index (χ1) is 9.69. The molecule has 0 aliphatic heterocycles. The summed E-state index contributed by atoms with van der Waals surface area (Å²) in [6.07, 6.45) is 0.962. The van der Waals surface area contributed by atoms with Crippen LogP contribution in [-0.4, -0.2) is 12.5 Å². The molecule has 0 radical (unpaired) electrons. The van der Waals surface area contributed by atoms with E-state index >= 15 is 0 Å². The monoisotopic (exact) mass is 333 g/mol. The van der Waals surface area contributed by atoms with E-state index < -0.39 is 0 Å². The number of nitrogens with one attached hydrogen (secondary N) is 1. The van der Waals surface area contributed by atoms with Crippen molar-refractivity contribution in [1.29, 1.82) is 0 Å². The maximum absolute atomic E-state index is 11.8. The van der Waals surface area contributed by atoms with Crippen molar-refractivity contribution in [2.24, 2.45) is 0 Å². The van der Waals surface area contributed by atoms with Crippen LogP contribution in [0.25, 0.3) is 0 Å². The van der Waals surface area contributed by atoms with Gasteiger partial charge in [0.2, 0.25) is 0 Å². The van der Waals surface area contributed by atoms with Gasteiger partial charge in [0.25, 0.3) is 5.91 Å². The molecule has 2 aromatic rings. The molecule has 0 aliphatic rings. The molecule has 0 bridgehead atoms. The highest BCUT2D eigenvalue weighted by Crippen LogP contribution is 2.23. The van der Waals surface area contributed by atoms with E-state index in [4.69, 9.17) is 4.74 Å². The Bertz CT molecular complexity index is 584. The first kappa shape index (κ1) is 14.6. The molecular formula is C16H16BrNO2. The van der Waals surface area contributed by atoms with Crippen molar-refractivity contribution >= 4 is 27.5 Å².